The Bertz CT molecular complexity index is 1020. The zero-order chi connectivity index (χ0) is 22.7. The summed E-state index contributed by atoms with van der Waals surface area (Å²) in [7, 11) is 4.65. The van der Waals surface area contributed by atoms with Crippen LogP contribution in [0.15, 0.2) is 41.6 Å². The third-order valence-corrected chi connectivity index (χ3v) is 5.23. The van der Waals surface area contributed by atoms with Gasteiger partial charge in [0, 0.05) is 11.4 Å². The summed E-state index contributed by atoms with van der Waals surface area (Å²) >= 11 is 5.36. The summed E-state index contributed by atoms with van der Waals surface area (Å²) in [6.45, 7) is 5.82. The maximum Gasteiger partial charge on any atom is 0.255 e. The Morgan fingerprint density at radius 3 is 2.03 bits per heavy atom. The highest BCUT2D eigenvalue weighted by Gasteiger charge is 2.31. The van der Waals surface area contributed by atoms with Gasteiger partial charge in [-0.05, 0) is 73.9 Å². The van der Waals surface area contributed by atoms with Gasteiger partial charge in [0.1, 0.15) is 0 Å². The van der Waals surface area contributed by atoms with E-state index in [4.69, 9.17) is 26.4 Å². The van der Waals surface area contributed by atoms with E-state index in [0.717, 1.165) is 22.4 Å². The van der Waals surface area contributed by atoms with Crippen molar-refractivity contribution in [2.45, 2.75) is 26.8 Å². The van der Waals surface area contributed by atoms with Crippen molar-refractivity contribution in [1.82, 2.24) is 10.6 Å². The first kappa shape index (κ1) is 22.4. The number of methoxy groups -OCH3 is 3. The summed E-state index contributed by atoms with van der Waals surface area (Å²) in [6.07, 6.45) is 0. The predicted octanol–water partition coefficient (Wildman–Crippen LogP) is 3.76. The second kappa shape index (κ2) is 9.26. The Balaban J connectivity index is 2.05. The molecule has 1 aliphatic rings. The zero-order valence-corrected chi connectivity index (χ0v) is 19.3. The topological polar surface area (TPSA) is 80.9 Å². The molecule has 2 aromatic rings. The molecule has 0 fully saturated rings. The first-order valence-electron chi connectivity index (χ1n) is 9.75. The Labute approximate surface area is 187 Å². The molecule has 1 unspecified atom stereocenters. The van der Waals surface area contributed by atoms with E-state index < -0.39 is 6.04 Å². The van der Waals surface area contributed by atoms with E-state index in [0.29, 0.717) is 33.6 Å². The SMILES string of the molecule is COc1cc(C2NC(=S)NC(C)=C2C(=O)Nc2cc(C)cc(C)c2)cc(OC)c1OC. The lowest BCUT2D eigenvalue weighted by Gasteiger charge is -2.31. The number of ether oxygens (including phenoxy) is 3. The molecule has 0 saturated carbocycles. The van der Waals surface area contributed by atoms with Crippen LogP contribution in [0, 0.1) is 13.8 Å². The van der Waals surface area contributed by atoms with Crippen molar-refractivity contribution < 1.29 is 19.0 Å². The first-order valence-corrected chi connectivity index (χ1v) is 10.2. The van der Waals surface area contributed by atoms with Gasteiger partial charge in [-0.2, -0.15) is 0 Å². The normalized spacial score (nSPS) is 15.7. The Morgan fingerprint density at radius 2 is 1.52 bits per heavy atom. The van der Waals surface area contributed by atoms with E-state index in [1.807, 2.05) is 45.0 Å². The highest BCUT2D eigenvalue weighted by atomic mass is 32.1. The molecule has 3 N–H and O–H groups in total. The van der Waals surface area contributed by atoms with Gasteiger partial charge < -0.3 is 30.2 Å². The number of amides is 1. The summed E-state index contributed by atoms with van der Waals surface area (Å²) in [5, 5.41) is 9.68. The van der Waals surface area contributed by atoms with Crippen LogP contribution in [0.4, 0.5) is 5.69 Å². The van der Waals surface area contributed by atoms with Crippen molar-refractivity contribution in [3.05, 3.63) is 58.3 Å². The van der Waals surface area contributed by atoms with Gasteiger partial charge in [0.25, 0.3) is 5.91 Å². The van der Waals surface area contributed by atoms with Crippen LogP contribution in [0.2, 0.25) is 0 Å². The monoisotopic (exact) mass is 441 g/mol. The van der Waals surface area contributed by atoms with Crippen molar-refractivity contribution in [1.29, 1.82) is 0 Å². The van der Waals surface area contributed by atoms with Crippen molar-refractivity contribution in [2.75, 3.05) is 26.6 Å². The van der Waals surface area contributed by atoms with Crippen LogP contribution >= 0.6 is 12.2 Å². The van der Waals surface area contributed by atoms with Crippen LogP contribution in [0.3, 0.4) is 0 Å². The first-order chi connectivity index (χ1) is 14.8. The summed E-state index contributed by atoms with van der Waals surface area (Å²) < 4.78 is 16.4. The number of hydrogen-bond acceptors (Lipinski definition) is 5. The zero-order valence-electron chi connectivity index (χ0n) is 18.5. The van der Waals surface area contributed by atoms with Crippen molar-refractivity contribution in [3.8, 4) is 17.2 Å². The summed E-state index contributed by atoms with van der Waals surface area (Å²) in [5.74, 6) is 1.24. The second-order valence-electron chi connectivity index (χ2n) is 7.36. The quantitative estimate of drug-likeness (QED) is 0.589. The molecule has 7 nitrogen and oxygen atoms in total. The molecule has 1 heterocycles. The lowest BCUT2D eigenvalue weighted by molar-refractivity contribution is -0.113. The van der Waals surface area contributed by atoms with Gasteiger partial charge in [0.15, 0.2) is 16.6 Å². The lowest BCUT2D eigenvalue weighted by atomic mass is 9.94. The number of hydrogen-bond donors (Lipinski definition) is 3. The minimum atomic E-state index is -0.506. The standard InChI is InChI=1S/C23H27N3O4S/c1-12-7-13(2)9-16(8-12)25-22(27)19-14(3)24-23(31)26-20(19)15-10-17(28-4)21(30-6)18(11-15)29-5/h7-11,20H,1-6H3,(H,25,27)(H2,24,26,31). The molecule has 0 bridgehead atoms. The molecule has 164 valence electrons. The van der Waals surface area contributed by atoms with E-state index in [1.54, 1.807) is 21.3 Å². The molecule has 31 heavy (non-hydrogen) atoms. The minimum Gasteiger partial charge on any atom is -0.493 e. The smallest absolute Gasteiger partial charge is 0.255 e. The molecule has 0 aromatic heterocycles. The maximum atomic E-state index is 13.3. The Kier molecular flexibility index (Phi) is 6.70. The number of aryl methyl sites for hydroxylation is 2. The summed E-state index contributed by atoms with van der Waals surface area (Å²) in [5.41, 5.74) is 4.82. The van der Waals surface area contributed by atoms with Gasteiger partial charge in [-0.15, -0.1) is 0 Å². The fourth-order valence-corrected chi connectivity index (χ4v) is 4.03. The van der Waals surface area contributed by atoms with Gasteiger partial charge in [-0.1, -0.05) is 6.07 Å². The summed E-state index contributed by atoms with van der Waals surface area (Å²) in [4.78, 5) is 13.3. The lowest BCUT2D eigenvalue weighted by Crippen LogP contribution is -2.45. The van der Waals surface area contributed by atoms with Crippen molar-refractivity contribution >= 4 is 28.9 Å². The number of carbonyl (C=O) groups is 1. The highest BCUT2D eigenvalue weighted by Crippen LogP contribution is 2.41. The molecule has 2 aromatic carbocycles. The largest absolute Gasteiger partial charge is 0.493 e. The third-order valence-electron chi connectivity index (χ3n) is 5.01. The van der Waals surface area contributed by atoms with Crippen LogP contribution < -0.4 is 30.2 Å². The molecule has 0 aliphatic carbocycles. The summed E-state index contributed by atoms with van der Waals surface area (Å²) in [6, 6.07) is 9.04. The molecule has 1 atom stereocenters. The van der Waals surface area contributed by atoms with Crippen LogP contribution in [0.1, 0.15) is 29.7 Å². The van der Waals surface area contributed by atoms with Crippen LogP contribution in [0.5, 0.6) is 17.2 Å². The van der Waals surface area contributed by atoms with E-state index in [-0.39, 0.29) is 5.91 Å². The number of anilines is 1. The van der Waals surface area contributed by atoms with Crippen LogP contribution in [-0.2, 0) is 4.79 Å². The fourth-order valence-electron chi connectivity index (χ4n) is 3.76. The number of thiocarbonyl (C=S) groups is 1. The third kappa shape index (κ3) is 4.74. The molecule has 1 aliphatic heterocycles. The number of rotatable bonds is 6. The molecule has 3 rings (SSSR count). The Morgan fingerprint density at radius 1 is 0.935 bits per heavy atom. The molecule has 0 spiro atoms. The van der Waals surface area contributed by atoms with E-state index >= 15 is 0 Å². The van der Waals surface area contributed by atoms with Crippen LogP contribution in [-0.4, -0.2) is 32.3 Å². The molecule has 0 saturated heterocycles. The van der Waals surface area contributed by atoms with E-state index in [2.05, 4.69) is 22.0 Å². The Hall–Kier alpha value is -3.26. The average molecular weight is 442 g/mol. The van der Waals surface area contributed by atoms with Gasteiger partial charge >= 0.3 is 0 Å². The number of allylic oxidation sites excluding steroid dienone is 1. The molecular weight excluding hydrogens is 414 g/mol. The molecule has 8 heteroatoms. The number of nitrogens with one attached hydrogen (secondary N) is 3. The highest BCUT2D eigenvalue weighted by molar-refractivity contribution is 7.80. The van der Waals surface area contributed by atoms with Crippen molar-refractivity contribution in [3.63, 3.8) is 0 Å². The molecule has 0 radical (unpaired) electrons. The van der Waals surface area contributed by atoms with Gasteiger partial charge in [0.05, 0.1) is 32.9 Å². The van der Waals surface area contributed by atoms with Crippen molar-refractivity contribution in [2.24, 2.45) is 0 Å². The average Bonchev–Trinajstić information content (AvgIpc) is 2.70. The van der Waals surface area contributed by atoms with E-state index in [1.165, 1.54) is 0 Å². The maximum absolute atomic E-state index is 13.3. The van der Waals surface area contributed by atoms with Gasteiger partial charge in [0.2, 0.25) is 5.75 Å². The van der Waals surface area contributed by atoms with Crippen LogP contribution in [0.25, 0.3) is 0 Å². The fraction of sp³-hybridized carbons (Fsp3) is 0.304. The predicted molar refractivity (Wildman–Crippen MR) is 125 cm³/mol. The minimum absolute atomic E-state index is 0.233. The van der Waals surface area contributed by atoms with Gasteiger partial charge in [-0.25, -0.2) is 0 Å². The number of carbonyl (C=O) groups excluding carboxylic acids is 1. The van der Waals surface area contributed by atoms with E-state index in [9.17, 15) is 4.79 Å². The number of benzene rings is 2. The molecule has 1 amide bonds. The molecular formula is C23H27N3O4S. The van der Waals surface area contributed by atoms with Gasteiger partial charge in [-0.3, -0.25) is 4.79 Å². The second-order valence-corrected chi connectivity index (χ2v) is 7.77.